The molecule has 1 aromatic rings. The van der Waals surface area contributed by atoms with Crippen molar-refractivity contribution in [2.45, 2.75) is 6.61 Å². The van der Waals surface area contributed by atoms with Gasteiger partial charge in [-0.1, -0.05) is 11.6 Å². The van der Waals surface area contributed by atoms with Gasteiger partial charge in [-0.05, 0) is 28.7 Å². The second kappa shape index (κ2) is 3.55. The van der Waals surface area contributed by atoms with E-state index in [1.807, 2.05) is 22.6 Å². The van der Waals surface area contributed by atoms with Crippen molar-refractivity contribution in [2.75, 3.05) is 0 Å². The van der Waals surface area contributed by atoms with Gasteiger partial charge >= 0.3 is 0 Å². The second-order valence-corrected chi connectivity index (χ2v) is 3.29. The van der Waals surface area contributed by atoms with Crippen LogP contribution in [-0.2, 0) is 6.61 Å². The summed E-state index contributed by atoms with van der Waals surface area (Å²) in [4.78, 5) is 3.79. The predicted octanol–water partition coefficient (Wildman–Crippen LogP) is 1.54. The Morgan fingerprint density at radius 2 is 2.27 bits per heavy atom. The van der Waals surface area contributed by atoms with Crippen LogP contribution in [-0.4, -0.2) is 15.2 Å². The summed E-state index contributed by atoms with van der Waals surface area (Å²) in [6.45, 7) is -0.143. The van der Waals surface area contributed by atoms with Crippen LogP contribution >= 0.6 is 34.2 Å². The van der Waals surface area contributed by atoms with Crippen LogP contribution in [0, 0.1) is 3.70 Å². The van der Waals surface area contributed by atoms with Gasteiger partial charge < -0.3 is 10.2 Å². The Bertz CT molecular complexity index is 280. The molecular weight excluding hydrogens is 280 g/mol. The SMILES string of the molecule is OCc1cc(O)c(Cl)nc1I. The number of aromatic nitrogens is 1. The molecule has 0 aliphatic carbocycles. The summed E-state index contributed by atoms with van der Waals surface area (Å²) in [7, 11) is 0. The Labute approximate surface area is 82.2 Å². The Kier molecular flexibility index (Phi) is 2.91. The van der Waals surface area contributed by atoms with Crippen LogP contribution in [0.4, 0.5) is 0 Å². The van der Waals surface area contributed by atoms with E-state index in [1.165, 1.54) is 6.07 Å². The van der Waals surface area contributed by atoms with Crippen molar-refractivity contribution in [3.05, 3.63) is 20.5 Å². The average Bonchev–Trinajstić information content (AvgIpc) is 1.97. The van der Waals surface area contributed by atoms with Gasteiger partial charge in [-0.25, -0.2) is 4.98 Å². The molecule has 1 rings (SSSR count). The lowest BCUT2D eigenvalue weighted by Gasteiger charge is -2.01. The van der Waals surface area contributed by atoms with Gasteiger partial charge in [-0.15, -0.1) is 0 Å². The molecule has 0 aliphatic heterocycles. The number of aromatic hydroxyl groups is 1. The topological polar surface area (TPSA) is 53.4 Å². The molecule has 0 bridgehead atoms. The lowest BCUT2D eigenvalue weighted by molar-refractivity contribution is 0.279. The van der Waals surface area contributed by atoms with E-state index < -0.39 is 0 Å². The molecule has 0 radical (unpaired) electrons. The fourth-order valence-corrected chi connectivity index (χ4v) is 1.46. The number of rotatable bonds is 1. The standard InChI is InChI=1S/C6H5ClINO2/c7-5-4(11)1-3(2-10)6(8)9-5/h1,10-11H,2H2. The Balaban J connectivity index is 3.21. The first-order chi connectivity index (χ1) is 5.15. The van der Waals surface area contributed by atoms with Crippen LogP contribution in [0.1, 0.15) is 5.56 Å². The normalized spacial score (nSPS) is 10.1. The molecule has 0 atom stereocenters. The monoisotopic (exact) mass is 285 g/mol. The molecule has 11 heavy (non-hydrogen) atoms. The highest BCUT2D eigenvalue weighted by Crippen LogP contribution is 2.24. The van der Waals surface area contributed by atoms with Gasteiger partial charge in [0.15, 0.2) is 10.9 Å². The molecule has 60 valence electrons. The van der Waals surface area contributed by atoms with Crippen molar-refractivity contribution in [3.8, 4) is 5.75 Å². The minimum atomic E-state index is -0.143. The fourth-order valence-electron chi connectivity index (χ4n) is 0.610. The maximum atomic E-state index is 9.05. The largest absolute Gasteiger partial charge is 0.505 e. The smallest absolute Gasteiger partial charge is 0.171 e. The first-order valence-corrected chi connectivity index (χ1v) is 4.25. The number of hydrogen-bond acceptors (Lipinski definition) is 3. The summed E-state index contributed by atoms with van der Waals surface area (Å²) >= 11 is 7.43. The first kappa shape index (κ1) is 9.02. The quantitative estimate of drug-likeness (QED) is 0.608. The van der Waals surface area contributed by atoms with Gasteiger partial charge in [0.2, 0.25) is 0 Å². The van der Waals surface area contributed by atoms with Crippen molar-refractivity contribution in [3.63, 3.8) is 0 Å². The molecule has 1 aromatic heterocycles. The first-order valence-electron chi connectivity index (χ1n) is 2.80. The van der Waals surface area contributed by atoms with Crippen LogP contribution < -0.4 is 0 Å². The Morgan fingerprint density at radius 1 is 1.64 bits per heavy atom. The molecule has 0 unspecified atom stereocenters. The van der Waals surface area contributed by atoms with Crippen molar-refractivity contribution in [1.29, 1.82) is 0 Å². The number of aliphatic hydroxyl groups excluding tert-OH is 1. The minimum Gasteiger partial charge on any atom is -0.505 e. The lowest BCUT2D eigenvalue weighted by Crippen LogP contribution is -1.92. The van der Waals surface area contributed by atoms with E-state index in [9.17, 15) is 0 Å². The zero-order valence-electron chi connectivity index (χ0n) is 5.38. The highest BCUT2D eigenvalue weighted by atomic mass is 127. The highest BCUT2D eigenvalue weighted by molar-refractivity contribution is 14.1. The molecule has 0 fully saturated rings. The maximum Gasteiger partial charge on any atom is 0.171 e. The molecule has 2 N–H and O–H groups in total. The average molecular weight is 285 g/mol. The maximum absolute atomic E-state index is 9.05. The van der Waals surface area contributed by atoms with Gasteiger partial charge in [0.1, 0.15) is 3.70 Å². The molecule has 0 saturated heterocycles. The summed E-state index contributed by atoms with van der Waals surface area (Å²) in [6, 6.07) is 1.40. The highest BCUT2D eigenvalue weighted by Gasteiger charge is 2.05. The number of aliphatic hydroxyl groups is 1. The summed E-state index contributed by atoms with van der Waals surface area (Å²) in [5, 5.41) is 17.8. The number of halogens is 2. The van der Waals surface area contributed by atoms with Crippen LogP contribution in [0.5, 0.6) is 5.75 Å². The van der Waals surface area contributed by atoms with Crippen molar-refractivity contribution in [1.82, 2.24) is 4.98 Å². The van der Waals surface area contributed by atoms with Crippen molar-refractivity contribution in [2.24, 2.45) is 0 Å². The molecule has 0 aliphatic rings. The summed E-state index contributed by atoms with van der Waals surface area (Å²) < 4.78 is 0.605. The zero-order valence-corrected chi connectivity index (χ0v) is 8.30. The minimum absolute atomic E-state index is 0.0617. The summed E-state index contributed by atoms with van der Waals surface area (Å²) in [6.07, 6.45) is 0. The summed E-state index contributed by atoms with van der Waals surface area (Å²) in [5.41, 5.74) is 0.576. The molecule has 0 saturated carbocycles. The molecule has 5 heteroatoms. The van der Waals surface area contributed by atoms with E-state index in [-0.39, 0.29) is 17.5 Å². The van der Waals surface area contributed by atoms with E-state index in [2.05, 4.69) is 4.98 Å². The molecule has 1 heterocycles. The number of hydrogen-bond donors (Lipinski definition) is 2. The van der Waals surface area contributed by atoms with E-state index in [1.54, 1.807) is 0 Å². The third-order valence-electron chi connectivity index (χ3n) is 1.15. The molecule has 0 spiro atoms. The van der Waals surface area contributed by atoms with Crippen molar-refractivity contribution < 1.29 is 10.2 Å². The Morgan fingerprint density at radius 3 is 2.82 bits per heavy atom. The zero-order chi connectivity index (χ0) is 8.43. The summed E-state index contributed by atoms with van der Waals surface area (Å²) in [5.74, 6) is -0.101. The van der Waals surface area contributed by atoms with Crippen LogP contribution in [0.3, 0.4) is 0 Å². The van der Waals surface area contributed by atoms with Gasteiger partial charge in [0.25, 0.3) is 0 Å². The molecule has 0 aromatic carbocycles. The van der Waals surface area contributed by atoms with E-state index in [4.69, 9.17) is 21.8 Å². The fraction of sp³-hybridized carbons (Fsp3) is 0.167. The van der Waals surface area contributed by atoms with Crippen LogP contribution in [0.15, 0.2) is 6.07 Å². The number of nitrogens with zero attached hydrogens (tertiary/aromatic N) is 1. The van der Waals surface area contributed by atoms with Crippen molar-refractivity contribution >= 4 is 34.2 Å². The Hall–Kier alpha value is -0.0700. The van der Waals surface area contributed by atoms with Crippen LogP contribution in [0.2, 0.25) is 5.15 Å². The number of pyridine rings is 1. The third kappa shape index (κ3) is 1.94. The van der Waals surface area contributed by atoms with Gasteiger partial charge in [-0.3, -0.25) is 0 Å². The van der Waals surface area contributed by atoms with Crippen LogP contribution in [0.25, 0.3) is 0 Å². The van der Waals surface area contributed by atoms with E-state index in [0.717, 1.165) is 0 Å². The second-order valence-electron chi connectivity index (χ2n) is 1.91. The van der Waals surface area contributed by atoms with Gasteiger partial charge in [-0.2, -0.15) is 0 Å². The molecule has 0 amide bonds. The van der Waals surface area contributed by atoms with E-state index in [0.29, 0.717) is 9.26 Å². The van der Waals surface area contributed by atoms with Gasteiger partial charge in [0.05, 0.1) is 6.61 Å². The molecular formula is C6H5ClINO2. The molecule has 3 nitrogen and oxygen atoms in total. The van der Waals surface area contributed by atoms with Gasteiger partial charge in [0, 0.05) is 5.56 Å². The third-order valence-corrected chi connectivity index (χ3v) is 2.37. The van der Waals surface area contributed by atoms with E-state index >= 15 is 0 Å². The predicted molar refractivity (Wildman–Crippen MR) is 49.6 cm³/mol. The lowest BCUT2D eigenvalue weighted by atomic mass is 10.3.